The largest absolute Gasteiger partial charge is 0.337 e. The second kappa shape index (κ2) is 5.28. The molecule has 1 atom stereocenters. The summed E-state index contributed by atoms with van der Waals surface area (Å²) in [6.45, 7) is 2.29. The van der Waals surface area contributed by atoms with Gasteiger partial charge in [0, 0.05) is 11.9 Å². The van der Waals surface area contributed by atoms with E-state index in [0.29, 0.717) is 12.4 Å². The van der Waals surface area contributed by atoms with Crippen molar-refractivity contribution in [1.82, 2.24) is 20.1 Å². The fraction of sp³-hybridized carbons (Fsp3) is 0.357. The number of H-pyrrole nitrogens is 1. The van der Waals surface area contributed by atoms with Crippen LogP contribution in [-0.4, -0.2) is 38.3 Å². The molecule has 1 aliphatic heterocycles. The number of rotatable bonds is 3. The third-order valence-electron chi connectivity index (χ3n) is 3.32. The molecule has 0 saturated carbocycles. The summed E-state index contributed by atoms with van der Waals surface area (Å²) in [4.78, 5) is 19.6. The van der Waals surface area contributed by atoms with Crippen molar-refractivity contribution in [3.05, 3.63) is 41.5 Å². The molecule has 1 aromatic carbocycles. The van der Waals surface area contributed by atoms with Crippen molar-refractivity contribution in [1.29, 1.82) is 0 Å². The second-order valence-electron chi connectivity index (χ2n) is 4.95. The molecule has 0 bridgehead atoms. The average Bonchev–Trinajstić information content (AvgIpc) is 3.03. The number of aromatic nitrogens is 3. The lowest BCUT2D eigenvalue weighted by molar-refractivity contribution is -0.129. The summed E-state index contributed by atoms with van der Waals surface area (Å²) in [5.41, 5.74) is 1.26. The lowest BCUT2D eigenvalue weighted by Crippen LogP contribution is -2.34. The topological polar surface area (TPSA) is 61.9 Å². The van der Waals surface area contributed by atoms with Crippen molar-refractivity contribution < 1.29 is 4.79 Å². The van der Waals surface area contributed by atoms with E-state index in [4.69, 9.17) is 0 Å². The number of aromatic amines is 1. The minimum absolute atomic E-state index is 0.0301. The number of fused-ring (bicyclic) bond motifs is 1. The highest BCUT2D eigenvalue weighted by Crippen LogP contribution is 2.37. The summed E-state index contributed by atoms with van der Waals surface area (Å²) in [5.74, 6) is 1.55. The number of hydrogen-bond acceptors (Lipinski definition) is 4. The molecule has 20 heavy (non-hydrogen) atoms. The molecule has 0 radical (unpaired) electrons. The van der Waals surface area contributed by atoms with Gasteiger partial charge in [-0.2, -0.15) is 5.10 Å². The predicted octanol–water partition coefficient (Wildman–Crippen LogP) is 1.79. The number of hydrogen-bond donors (Lipinski definition) is 1. The molecule has 6 heteroatoms. The van der Waals surface area contributed by atoms with Gasteiger partial charge in [-0.1, -0.05) is 18.2 Å². The Morgan fingerprint density at radius 3 is 3.00 bits per heavy atom. The fourth-order valence-electron chi connectivity index (χ4n) is 2.32. The standard InChI is InChI=1S/C14H16N4OS/c1-9-15-13(17-16-9)8-18(2)14(19)12-7-10-5-3-4-6-11(10)20-12/h3-6,12H,7-8H2,1-2H3,(H,15,16,17). The number of amides is 1. The number of nitrogens with one attached hydrogen (secondary N) is 1. The van der Waals surface area contributed by atoms with Crippen molar-refractivity contribution >= 4 is 17.7 Å². The van der Waals surface area contributed by atoms with E-state index >= 15 is 0 Å². The lowest BCUT2D eigenvalue weighted by Gasteiger charge is -2.18. The van der Waals surface area contributed by atoms with Crippen LogP contribution in [0.25, 0.3) is 0 Å². The zero-order valence-electron chi connectivity index (χ0n) is 11.5. The molecule has 0 saturated heterocycles. The Morgan fingerprint density at radius 1 is 1.50 bits per heavy atom. The summed E-state index contributed by atoms with van der Waals surface area (Å²) in [6, 6.07) is 8.20. The van der Waals surface area contributed by atoms with E-state index in [1.165, 1.54) is 10.5 Å². The Labute approximate surface area is 121 Å². The van der Waals surface area contributed by atoms with E-state index in [1.54, 1.807) is 23.7 Å². The minimum Gasteiger partial charge on any atom is -0.337 e. The number of benzene rings is 1. The molecule has 104 valence electrons. The van der Waals surface area contributed by atoms with E-state index in [-0.39, 0.29) is 11.2 Å². The van der Waals surface area contributed by atoms with Crippen molar-refractivity contribution in [3.8, 4) is 0 Å². The van der Waals surface area contributed by atoms with Crippen LogP contribution < -0.4 is 0 Å². The lowest BCUT2D eigenvalue weighted by atomic mass is 10.1. The third-order valence-corrected chi connectivity index (χ3v) is 4.63. The maximum absolute atomic E-state index is 12.5. The average molecular weight is 288 g/mol. The molecule has 2 heterocycles. The summed E-state index contributed by atoms with van der Waals surface area (Å²) in [5, 5.41) is 6.83. The molecule has 1 aromatic heterocycles. The Hall–Kier alpha value is -1.82. The van der Waals surface area contributed by atoms with Crippen molar-refractivity contribution in [3.63, 3.8) is 0 Å². The van der Waals surface area contributed by atoms with Crippen LogP contribution in [0.4, 0.5) is 0 Å². The zero-order valence-corrected chi connectivity index (χ0v) is 12.3. The molecule has 1 N–H and O–H groups in total. The van der Waals surface area contributed by atoms with Gasteiger partial charge in [-0.05, 0) is 25.0 Å². The number of thioether (sulfide) groups is 1. The fourth-order valence-corrected chi connectivity index (χ4v) is 3.63. The highest BCUT2D eigenvalue weighted by molar-refractivity contribution is 8.01. The van der Waals surface area contributed by atoms with E-state index in [0.717, 1.165) is 12.2 Å². The van der Waals surface area contributed by atoms with Gasteiger partial charge in [-0.25, -0.2) is 4.98 Å². The summed E-state index contributed by atoms with van der Waals surface area (Å²) >= 11 is 1.65. The number of aryl methyl sites for hydroxylation is 1. The Balaban J connectivity index is 1.65. The molecule has 1 aliphatic rings. The van der Waals surface area contributed by atoms with Crippen molar-refractivity contribution in [2.24, 2.45) is 0 Å². The van der Waals surface area contributed by atoms with E-state index in [2.05, 4.69) is 27.3 Å². The first kappa shape index (κ1) is 13.2. The van der Waals surface area contributed by atoms with Crippen LogP contribution in [-0.2, 0) is 17.8 Å². The highest BCUT2D eigenvalue weighted by Gasteiger charge is 2.30. The smallest absolute Gasteiger partial charge is 0.236 e. The van der Waals surface area contributed by atoms with Gasteiger partial charge in [0.05, 0.1) is 11.8 Å². The summed E-state index contributed by atoms with van der Waals surface area (Å²) in [7, 11) is 1.80. The van der Waals surface area contributed by atoms with Gasteiger partial charge in [-0.3, -0.25) is 9.89 Å². The van der Waals surface area contributed by atoms with E-state index in [9.17, 15) is 4.79 Å². The van der Waals surface area contributed by atoms with E-state index < -0.39 is 0 Å². The van der Waals surface area contributed by atoms with Gasteiger partial charge in [0.15, 0.2) is 5.82 Å². The van der Waals surface area contributed by atoms with Crippen LogP contribution in [0.1, 0.15) is 17.2 Å². The van der Waals surface area contributed by atoms with Crippen LogP contribution in [0.5, 0.6) is 0 Å². The molecular formula is C14H16N4OS. The monoisotopic (exact) mass is 288 g/mol. The quantitative estimate of drug-likeness (QED) is 0.935. The van der Waals surface area contributed by atoms with Gasteiger partial charge >= 0.3 is 0 Å². The highest BCUT2D eigenvalue weighted by atomic mass is 32.2. The molecule has 3 rings (SSSR count). The summed E-state index contributed by atoms with van der Waals surface area (Å²) in [6.07, 6.45) is 0.803. The van der Waals surface area contributed by atoms with E-state index in [1.807, 2.05) is 19.1 Å². The van der Waals surface area contributed by atoms with Gasteiger partial charge in [0.2, 0.25) is 5.91 Å². The Bertz CT molecular complexity index is 615. The van der Waals surface area contributed by atoms with Crippen LogP contribution in [0.3, 0.4) is 0 Å². The Kier molecular flexibility index (Phi) is 3.48. The van der Waals surface area contributed by atoms with Crippen molar-refractivity contribution in [2.45, 2.75) is 30.0 Å². The summed E-state index contributed by atoms with van der Waals surface area (Å²) < 4.78 is 0. The normalized spacial score (nSPS) is 17.0. The van der Waals surface area contributed by atoms with Gasteiger partial charge in [-0.15, -0.1) is 11.8 Å². The minimum atomic E-state index is -0.0301. The first-order valence-corrected chi connectivity index (χ1v) is 7.39. The first-order chi connectivity index (χ1) is 9.63. The SMILES string of the molecule is Cc1nc(CN(C)C(=O)C2Cc3ccccc3S2)n[nH]1. The molecule has 0 fully saturated rings. The number of carbonyl (C=O) groups excluding carboxylic acids is 1. The number of nitrogens with zero attached hydrogens (tertiary/aromatic N) is 3. The van der Waals surface area contributed by atoms with Gasteiger partial charge in [0.1, 0.15) is 5.82 Å². The maximum Gasteiger partial charge on any atom is 0.236 e. The molecule has 1 unspecified atom stereocenters. The van der Waals surface area contributed by atoms with Gasteiger partial charge in [0.25, 0.3) is 0 Å². The molecule has 2 aromatic rings. The molecular weight excluding hydrogens is 272 g/mol. The Morgan fingerprint density at radius 2 is 2.30 bits per heavy atom. The third kappa shape index (κ3) is 2.56. The van der Waals surface area contributed by atoms with Crippen molar-refractivity contribution in [2.75, 3.05) is 7.05 Å². The number of carbonyl (C=O) groups is 1. The zero-order chi connectivity index (χ0) is 14.1. The van der Waals surface area contributed by atoms with Gasteiger partial charge < -0.3 is 4.90 Å². The molecule has 5 nitrogen and oxygen atoms in total. The van der Waals surface area contributed by atoms with Crippen LogP contribution in [0.2, 0.25) is 0 Å². The first-order valence-electron chi connectivity index (χ1n) is 6.51. The molecule has 1 amide bonds. The second-order valence-corrected chi connectivity index (χ2v) is 6.19. The maximum atomic E-state index is 12.5. The molecule has 0 aliphatic carbocycles. The van der Waals surface area contributed by atoms with Crippen LogP contribution in [0, 0.1) is 6.92 Å². The predicted molar refractivity (Wildman–Crippen MR) is 77.4 cm³/mol. The molecule has 0 spiro atoms. The van der Waals surface area contributed by atoms with Crippen LogP contribution in [0.15, 0.2) is 29.2 Å². The van der Waals surface area contributed by atoms with Crippen LogP contribution >= 0.6 is 11.8 Å².